The van der Waals surface area contributed by atoms with Crippen LogP contribution in [0, 0.1) is 23.2 Å². The molecule has 0 aliphatic heterocycles. The summed E-state index contributed by atoms with van der Waals surface area (Å²) >= 11 is 0. The van der Waals surface area contributed by atoms with Gasteiger partial charge in [0, 0.05) is 0 Å². The molecule has 1 fully saturated rings. The van der Waals surface area contributed by atoms with E-state index in [4.69, 9.17) is 5.26 Å². The summed E-state index contributed by atoms with van der Waals surface area (Å²) in [5, 5.41) is 8.38. The summed E-state index contributed by atoms with van der Waals surface area (Å²) in [5.41, 5.74) is 2.99. The SMILES string of the molecule is CCCCCCCc1ccc(CC[C@H]2CC[C@H](CCC=CC=C(F)C#N)CC2)cc1. The molecule has 2 rings (SSSR count). The molecule has 0 bridgehead atoms. The van der Waals surface area contributed by atoms with Crippen LogP contribution in [0.15, 0.2) is 48.3 Å². The lowest BCUT2D eigenvalue weighted by Crippen LogP contribution is -2.15. The Hall–Kier alpha value is -1.88. The lowest BCUT2D eigenvalue weighted by Gasteiger charge is -2.28. The van der Waals surface area contributed by atoms with Gasteiger partial charge in [-0.15, -0.1) is 0 Å². The van der Waals surface area contributed by atoms with Crippen molar-refractivity contribution in [2.45, 2.75) is 96.8 Å². The van der Waals surface area contributed by atoms with Crippen LogP contribution in [0.2, 0.25) is 0 Å². The van der Waals surface area contributed by atoms with Crippen molar-refractivity contribution < 1.29 is 4.39 Å². The maximum atomic E-state index is 12.7. The Morgan fingerprint density at radius 3 is 2.17 bits per heavy atom. The third-order valence-corrected chi connectivity index (χ3v) is 6.63. The molecule has 1 saturated carbocycles. The molecule has 1 aromatic rings. The molecule has 0 saturated heterocycles. The zero-order valence-corrected chi connectivity index (χ0v) is 18.9. The number of aryl methyl sites for hydroxylation is 2. The molecule has 30 heavy (non-hydrogen) atoms. The van der Waals surface area contributed by atoms with E-state index in [0.717, 1.165) is 18.3 Å². The highest BCUT2D eigenvalue weighted by Gasteiger charge is 2.20. The molecule has 0 atom stereocenters. The molecule has 0 spiro atoms. The number of hydrogen-bond donors (Lipinski definition) is 0. The maximum absolute atomic E-state index is 12.7. The van der Waals surface area contributed by atoms with Crippen molar-refractivity contribution in [3.8, 4) is 6.07 Å². The summed E-state index contributed by atoms with van der Waals surface area (Å²) in [4.78, 5) is 0. The highest BCUT2D eigenvalue weighted by Crippen LogP contribution is 2.34. The minimum atomic E-state index is -0.719. The molecule has 1 aromatic carbocycles. The van der Waals surface area contributed by atoms with Crippen molar-refractivity contribution in [1.82, 2.24) is 0 Å². The second kappa shape index (κ2) is 15.0. The van der Waals surface area contributed by atoms with Crippen LogP contribution in [-0.4, -0.2) is 0 Å². The largest absolute Gasteiger partial charge is 0.199 e. The number of halogens is 1. The molecule has 0 radical (unpaired) electrons. The Kier molecular flexibility index (Phi) is 12.2. The van der Waals surface area contributed by atoms with E-state index >= 15 is 0 Å². The standard InChI is InChI=1S/C28H40FN/c1-2-3-4-5-7-10-24-13-17-26(18-14-24)21-22-27-19-15-25(16-20-27)11-8-6-9-12-28(29)23-30/h6,9,12-14,17-18,25,27H,2-5,7-8,10-11,15-16,19-22H2,1H3/t25-,27-. The van der Waals surface area contributed by atoms with Gasteiger partial charge in [0.15, 0.2) is 5.83 Å². The molecule has 0 amide bonds. The quantitative estimate of drug-likeness (QED) is 0.182. The predicted octanol–water partition coefficient (Wildman–Crippen LogP) is 8.65. The minimum absolute atomic E-state index is 0.719. The molecule has 0 aromatic heterocycles. The molecule has 1 aliphatic rings. The van der Waals surface area contributed by atoms with Gasteiger partial charge in [0.05, 0.1) is 0 Å². The van der Waals surface area contributed by atoms with Gasteiger partial charge in [0.1, 0.15) is 6.07 Å². The van der Waals surface area contributed by atoms with Gasteiger partial charge in [-0.25, -0.2) is 0 Å². The van der Waals surface area contributed by atoms with Gasteiger partial charge in [0.25, 0.3) is 0 Å². The number of allylic oxidation sites excluding steroid dienone is 4. The maximum Gasteiger partial charge on any atom is 0.199 e. The van der Waals surface area contributed by atoms with Crippen LogP contribution in [0.1, 0.15) is 95.1 Å². The third-order valence-electron chi connectivity index (χ3n) is 6.63. The molecule has 1 nitrogen and oxygen atoms in total. The first kappa shape index (κ1) is 24.4. The second-order valence-corrected chi connectivity index (χ2v) is 9.04. The molecule has 2 heteroatoms. The van der Waals surface area contributed by atoms with Crippen molar-refractivity contribution in [3.05, 3.63) is 59.4 Å². The Balaban J connectivity index is 1.58. The van der Waals surface area contributed by atoms with Crippen molar-refractivity contribution in [3.63, 3.8) is 0 Å². The fourth-order valence-corrected chi connectivity index (χ4v) is 4.60. The molecule has 1 aliphatic carbocycles. The van der Waals surface area contributed by atoms with Crippen LogP contribution in [0.4, 0.5) is 4.39 Å². The number of hydrogen-bond acceptors (Lipinski definition) is 1. The highest BCUT2D eigenvalue weighted by atomic mass is 19.1. The van der Waals surface area contributed by atoms with Gasteiger partial charge < -0.3 is 0 Å². The summed E-state index contributed by atoms with van der Waals surface area (Å²) in [7, 11) is 0. The topological polar surface area (TPSA) is 23.8 Å². The number of unbranched alkanes of at least 4 members (excludes halogenated alkanes) is 4. The van der Waals surface area contributed by atoms with E-state index in [1.54, 1.807) is 6.08 Å². The number of benzene rings is 1. The number of rotatable bonds is 13. The Morgan fingerprint density at radius 1 is 0.933 bits per heavy atom. The zero-order valence-electron chi connectivity index (χ0n) is 18.9. The van der Waals surface area contributed by atoms with Crippen molar-refractivity contribution in [2.75, 3.05) is 0 Å². The zero-order chi connectivity index (χ0) is 21.4. The van der Waals surface area contributed by atoms with Gasteiger partial charge in [-0.2, -0.15) is 9.65 Å². The monoisotopic (exact) mass is 409 g/mol. The van der Waals surface area contributed by atoms with E-state index in [9.17, 15) is 4.39 Å². The molecule has 0 N–H and O–H groups in total. The fraction of sp³-hybridized carbons (Fsp3) is 0.607. The van der Waals surface area contributed by atoms with Crippen molar-refractivity contribution >= 4 is 0 Å². The first-order valence-electron chi connectivity index (χ1n) is 12.2. The Morgan fingerprint density at radius 2 is 1.53 bits per heavy atom. The second-order valence-electron chi connectivity index (χ2n) is 9.04. The van der Waals surface area contributed by atoms with E-state index in [1.165, 1.54) is 107 Å². The van der Waals surface area contributed by atoms with Gasteiger partial charge in [-0.3, -0.25) is 0 Å². The van der Waals surface area contributed by atoms with Crippen LogP contribution < -0.4 is 0 Å². The highest BCUT2D eigenvalue weighted by molar-refractivity contribution is 5.23. The number of nitrogens with zero attached hydrogens (tertiary/aromatic N) is 1. The summed E-state index contributed by atoms with van der Waals surface area (Å²) in [6.07, 6.45) is 23.0. The van der Waals surface area contributed by atoms with Crippen molar-refractivity contribution in [1.29, 1.82) is 5.26 Å². The first-order chi connectivity index (χ1) is 14.7. The Labute approximate surface area is 184 Å². The molecular weight excluding hydrogens is 369 g/mol. The number of nitriles is 1. The smallest absolute Gasteiger partial charge is 0.195 e. The van der Waals surface area contributed by atoms with Gasteiger partial charge in [-0.1, -0.05) is 94.7 Å². The van der Waals surface area contributed by atoms with E-state index in [0.29, 0.717) is 0 Å². The van der Waals surface area contributed by atoms with Gasteiger partial charge in [-0.05, 0) is 67.6 Å². The molecular formula is C28H40FN. The lowest BCUT2D eigenvalue weighted by atomic mass is 9.78. The van der Waals surface area contributed by atoms with Crippen LogP contribution >= 0.6 is 0 Å². The van der Waals surface area contributed by atoms with E-state index < -0.39 is 5.83 Å². The third kappa shape index (κ3) is 10.2. The van der Waals surface area contributed by atoms with Crippen molar-refractivity contribution in [2.24, 2.45) is 11.8 Å². The lowest BCUT2D eigenvalue weighted by molar-refractivity contribution is 0.254. The average molecular weight is 410 g/mol. The van der Waals surface area contributed by atoms with E-state index in [1.807, 2.05) is 6.08 Å². The van der Waals surface area contributed by atoms with E-state index in [2.05, 4.69) is 31.2 Å². The Bertz CT molecular complexity index is 672. The summed E-state index contributed by atoms with van der Waals surface area (Å²) < 4.78 is 12.7. The fourth-order valence-electron chi connectivity index (χ4n) is 4.60. The molecule has 0 heterocycles. The average Bonchev–Trinajstić information content (AvgIpc) is 2.78. The van der Waals surface area contributed by atoms with Crippen LogP contribution in [-0.2, 0) is 12.8 Å². The summed E-state index contributed by atoms with van der Waals surface area (Å²) in [5.74, 6) is 0.971. The molecule has 164 valence electrons. The van der Waals surface area contributed by atoms with Crippen LogP contribution in [0.5, 0.6) is 0 Å². The first-order valence-corrected chi connectivity index (χ1v) is 12.2. The van der Waals surface area contributed by atoms with Crippen LogP contribution in [0.3, 0.4) is 0 Å². The van der Waals surface area contributed by atoms with Gasteiger partial charge >= 0.3 is 0 Å². The summed E-state index contributed by atoms with van der Waals surface area (Å²) in [6.45, 7) is 2.27. The molecule has 0 unspecified atom stereocenters. The minimum Gasteiger partial charge on any atom is -0.195 e. The van der Waals surface area contributed by atoms with Crippen LogP contribution in [0.25, 0.3) is 0 Å². The van der Waals surface area contributed by atoms with Gasteiger partial charge in [0.2, 0.25) is 0 Å². The van der Waals surface area contributed by atoms with E-state index in [-0.39, 0.29) is 0 Å². The predicted molar refractivity (Wildman–Crippen MR) is 126 cm³/mol. The normalized spacial score (nSPS) is 19.8. The summed E-state index contributed by atoms with van der Waals surface area (Å²) in [6, 6.07) is 10.9.